The van der Waals surface area contributed by atoms with Gasteiger partial charge < -0.3 is 10.6 Å². The van der Waals surface area contributed by atoms with Gasteiger partial charge in [0.25, 0.3) is 0 Å². The van der Waals surface area contributed by atoms with Gasteiger partial charge in [0.05, 0.1) is 24.7 Å². The molecule has 1 aromatic carbocycles. The fourth-order valence-corrected chi connectivity index (χ4v) is 3.31. The molecule has 1 atom stereocenters. The molecule has 0 aliphatic carbocycles. The zero-order chi connectivity index (χ0) is 19.2. The molecular weight excluding hydrogens is 340 g/mol. The highest BCUT2D eigenvalue weighted by Crippen LogP contribution is 2.16. The SMILES string of the molecule is Cc1cccc(CNC(=O)C[C@@H]2C(=O)NCCN2Cc2ccccc2C)n1. The predicted octanol–water partition coefficient (Wildman–Crippen LogP) is 1.71. The third-order valence-corrected chi connectivity index (χ3v) is 4.87. The van der Waals surface area contributed by atoms with E-state index in [-0.39, 0.29) is 18.2 Å². The first-order valence-corrected chi connectivity index (χ1v) is 9.28. The highest BCUT2D eigenvalue weighted by Gasteiger charge is 2.31. The van der Waals surface area contributed by atoms with Crippen LogP contribution in [0.15, 0.2) is 42.5 Å². The highest BCUT2D eigenvalue weighted by atomic mass is 16.2. The largest absolute Gasteiger partial charge is 0.353 e. The van der Waals surface area contributed by atoms with Crippen molar-refractivity contribution in [2.24, 2.45) is 0 Å². The number of hydrogen-bond donors (Lipinski definition) is 2. The summed E-state index contributed by atoms with van der Waals surface area (Å²) < 4.78 is 0. The fourth-order valence-electron chi connectivity index (χ4n) is 3.31. The molecule has 2 amide bonds. The summed E-state index contributed by atoms with van der Waals surface area (Å²) in [5.41, 5.74) is 4.10. The van der Waals surface area contributed by atoms with E-state index >= 15 is 0 Å². The molecule has 1 saturated heterocycles. The lowest BCUT2D eigenvalue weighted by molar-refractivity contribution is -0.134. The lowest BCUT2D eigenvalue weighted by Gasteiger charge is -2.35. The van der Waals surface area contributed by atoms with Crippen LogP contribution in [0.5, 0.6) is 0 Å². The van der Waals surface area contributed by atoms with Crippen molar-refractivity contribution in [3.05, 3.63) is 65.0 Å². The normalized spacial score (nSPS) is 17.4. The minimum absolute atomic E-state index is 0.0846. The zero-order valence-electron chi connectivity index (χ0n) is 15.9. The number of amides is 2. The van der Waals surface area contributed by atoms with Gasteiger partial charge in [0.2, 0.25) is 11.8 Å². The van der Waals surface area contributed by atoms with Crippen LogP contribution in [0.2, 0.25) is 0 Å². The number of nitrogens with one attached hydrogen (secondary N) is 2. The summed E-state index contributed by atoms with van der Waals surface area (Å²) in [6.45, 7) is 6.36. The Morgan fingerprint density at radius 1 is 1.22 bits per heavy atom. The number of rotatable bonds is 6. The van der Waals surface area contributed by atoms with Gasteiger partial charge in [-0.25, -0.2) is 0 Å². The van der Waals surface area contributed by atoms with Gasteiger partial charge in [-0.05, 0) is 37.1 Å². The molecule has 2 heterocycles. The first-order valence-electron chi connectivity index (χ1n) is 9.28. The van der Waals surface area contributed by atoms with Crippen LogP contribution in [-0.4, -0.2) is 40.8 Å². The number of benzene rings is 1. The number of aromatic nitrogens is 1. The molecular formula is C21H26N4O2. The molecule has 1 fully saturated rings. The van der Waals surface area contributed by atoms with E-state index in [0.717, 1.165) is 17.9 Å². The Hall–Kier alpha value is -2.73. The van der Waals surface area contributed by atoms with Crippen molar-refractivity contribution in [2.75, 3.05) is 13.1 Å². The van der Waals surface area contributed by atoms with Crippen LogP contribution >= 0.6 is 0 Å². The molecule has 1 aliphatic rings. The van der Waals surface area contributed by atoms with Crippen LogP contribution in [-0.2, 0) is 22.7 Å². The van der Waals surface area contributed by atoms with Gasteiger partial charge in [-0.3, -0.25) is 19.5 Å². The average molecular weight is 366 g/mol. The number of hydrogen-bond acceptors (Lipinski definition) is 4. The molecule has 0 bridgehead atoms. The van der Waals surface area contributed by atoms with Crippen molar-refractivity contribution in [3.8, 4) is 0 Å². The molecule has 27 heavy (non-hydrogen) atoms. The second kappa shape index (κ2) is 8.77. The molecule has 1 aliphatic heterocycles. The van der Waals surface area contributed by atoms with Gasteiger partial charge in [0.1, 0.15) is 0 Å². The van der Waals surface area contributed by atoms with Crippen molar-refractivity contribution in [1.82, 2.24) is 20.5 Å². The van der Waals surface area contributed by atoms with E-state index in [4.69, 9.17) is 0 Å². The molecule has 6 heteroatoms. The number of carbonyl (C=O) groups is 2. The minimum Gasteiger partial charge on any atom is -0.353 e. The lowest BCUT2D eigenvalue weighted by atomic mass is 10.0. The Labute approximate surface area is 160 Å². The second-order valence-electron chi connectivity index (χ2n) is 6.95. The maximum atomic E-state index is 12.4. The molecule has 0 unspecified atom stereocenters. The summed E-state index contributed by atoms with van der Waals surface area (Å²) in [5.74, 6) is -0.228. The Bertz CT molecular complexity index is 821. The van der Waals surface area contributed by atoms with E-state index < -0.39 is 6.04 Å². The van der Waals surface area contributed by atoms with Crippen molar-refractivity contribution in [2.45, 2.75) is 39.4 Å². The second-order valence-corrected chi connectivity index (χ2v) is 6.95. The Morgan fingerprint density at radius 3 is 2.81 bits per heavy atom. The first-order chi connectivity index (χ1) is 13.0. The summed E-state index contributed by atoms with van der Waals surface area (Å²) in [5, 5.41) is 5.76. The number of piperazine rings is 1. The summed E-state index contributed by atoms with van der Waals surface area (Å²) in [7, 11) is 0. The van der Waals surface area contributed by atoms with Crippen LogP contribution in [0.1, 0.15) is 28.9 Å². The van der Waals surface area contributed by atoms with Gasteiger partial charge >= 0.3 is 0 Å². The van der Waals surface area contributed by atoms with Crippen molar-refractivity contribution < 1.29 is 9.59 Å². The first kappa shape index (κ1) is 19.0. The van der Waals surface area contributed by atoms with Gasteiger partial charge in [-0.1, -0.05) is 30.3 Å². The highest BCUT2D eigenvalue weighted by molar-refractivity contribution is 5.88. The van der Waals surface area contributed by atoms with Gasteiger partial charge in [-0.2, -0.15) is 0 Å². The Balaban J connectivity index is 1.62. The topological polar surface area (TPSA) is 74.3 Å². The standard InChI is InChI=1S/C21H26N4O2/c1-15-6-3-4-8-17(15)14-25-11-10-22-21(27)19(25)12-20(26)23-13-18-9-5-7-16(2)24-18/h3-9,19H,10-14H2,1-2H3,(H,22,27)(H,23,26)/t19-/m1/s1. The summed E-state index contributed by atoms with van der Waals surface area (Å²) >= 11 is 0. The Kier molecular flexibility index (Phi) is 6.19. The molecule has 3 rings (SSSR count). The van der Waals surface area contributed by atoms with E-state index in [1.54, 1.807) is 0 Å². The van der Waals surface area contributed by atoms with E-state index in [1.165, 1.54) is 11.1 Å². The summed E-state index contributed by atoms with van der Waals surface area (Å²) in [4.78, 5) is 31.3. The van der Waals surface area contributed by atoms with E-state index in [2.05, 4.69) is 39.6 Å². The molecule has 6 nitrogen and oxygen atoms in total. The van der Waals surface area contributed by atoms with E-state index in [9.17, 15) is 9.59 Å². The summed E-state index contributed by atoms with van der Waals surface area (Å²) in [6, 6.07) is 13.4. The van der Waals surface area contributed by atoms with E-state index in [1.807, 2.05) is 37.3 Å². The smallest absolute Gasteiger partial charge is 0.237 e. The van der Waals surface area contributed by atoms with Crippen LogP contribution in [0.4, 0.5) is 0 Å². The van der Waals surface area contributed by atoms with Crippen LogP contribution in [0.25, 0.3) is 0 Å². The third kappa shape index (κ3) is 5.14. The molecule has 0 radical (unpaired) electrons. The minimum atomic E-state index is -0.455. The fraction of sp³-hybridized carbons (Fsp3) is 0.381. The molecule has 142 valence electrons. The lowest BCUT2D eigenvalue weighted by Crippen LogP contribution is -2.56. The van der Waals surface area contributed by atoms with Gasteiger partial charge in [0.15, 0.2) is 0 Å². The van der Waals surface area contributed by atoms with Crippen LogP contribution in [0.3, 0.4) is 0 Å². The maximum absolute atomic E-state index is 12.4. The van der Waals surface area contributed by atoms with Crippen molar-refractivity contribution in [3.63, 3.8) is 0 Å². The summed E-state index contributed by atoms with van der Waals surface area (Å²) in [6.07, 6.45) is 0.142. The number of pyridine rings is 1. The molecule has 2 aromatic rings. The van der Waals surface area contributed by atoms with Crippen molar-refractivity contribution in [1.29, 1.82) is 0 Å². The van der Waals surface area contributed by atoms with Gasteiger partial charge in [-0.15, -0.1) is 0 Å². The molecule has 1 aromatic heterocycles. The number of nitrogens with zero attached hydrogens (tertiary/aromatic N) is 2. The molecule has 0 spiro atoms. The monoisotopic (exact) mass is 366 g/mol. The maximum Gasteiger partial charge on any atom is 0.237 e. The molecule has 0 saturated carbocycles. The Morgan fingerprint density at radius 2 is 2.04 bits per heavy atom. The van der Waals surface area contributed by atoms with Crippen LogP contribution in [0, 0.1) is 13.8 Å². The predicted molar refractivity (Wildman–Crippen MR) is 104 cm³/mol. The number of carbonyl (C=O) groups excluding carboxylic acids is 2. The van der Waals surface area contributed by atoms with Gasteiger partial charge in [0, 0.05) is 25.3 Å². The van der Waals surface area contributed by atoms with E-state index in [0.29, 0.717) is 19.6 Å². The zero-order valence-corrected chi connectivity index (χ0v) is 15.9. The third-order valence-electron chi connectivity index (χ3n) is 4.87. The average Bonchev–Trinajstić information content (AvgIpc) is 2.65. The van der Waals surface area contributed by atoms with Crippen LogP contribution < -0.4 is 10.6 Å². The quantitative estimate of drug-likeness (QED) is 0.816. The number of aryl methyl sites for hydroxylation is 2. The van der Waals surface area contributed by atoms with Crippen molar-refractivity contribution >= 4 is 11.8 Å². The molecule has 2 N–H and O–H groups in total.